The molecule has 0 atom stereocenters. The zero-order valence-electron chi connectivity index (χ0n) is 16.2. The number of carbonyl (C=O) groups excluding carboxylic acids is 1. The monoisotopic (exact) mass is 361 g/mol. The molecule has 2 aliphatic rings. The van der Waals surface area contributed by atoms with Crippen LogP contribution < -0.4 is 10.8 Å². The van der Waals surface area contributed by atoms with E-state index in [1.54, 1.807) is 0 Å². The van der Waals surface area contributed by atoms with Gasteiger partial charge in [0, 0.05) is 12.5 Å². The van der Waals surface area contributed by atoms with Gasteiger partial charge in [-0.25, -0.2) is 0 Å². The number of nitrogens with one attached hydrogen (secondary N) is 1. The molecule has 3 nitrogen and oxygen atoms in total. The number of piperidine rings is 1. The molecule has 1 heterocycles. The van der Waals surface area contributed by atoms with Crippen LogP contribution in [0.4, 0.5) is 0 Å². The van der Waals surface area contributed by atoms with E-state index >= 15 is 0 Å². The number of nitrogens with zero attached hydrogens (tertiary/aromatic N) is 1. The number of hydrogen-bond donors (Lipinski definition) is 1. The third kappa shape index (κ3) is 5.13. The molecular formula is C23H30BN2O. The van der Waals surface area contributed by atoms with Crippen molar-refractivity contribution in [1.29, 1.82) is 0 Å². The Morgan fingerprint density at radius 3 is 2.48 bits per heavy atom. The van der Waals surface area contributed by atoms with Crippen LogP contribution in [0.2, 0.25) is 0 Å². The van der Waals surface area contributed by atoms with E-state index in [1.165, 1.54) is 48.3 Å². The molecule has 1 aliphatic carbocycles. The number of fused-ring (bicyclic) bond motifs is 1. The van der Waals surface area contributed by atoms with Crippen molar-refractivity contribution in [1.82, 2.24) is 10.1 Å². The first-order chi connectivity index (χ1) is 13.3. The minimum atomic E-state index is 0.277. The standard InChI is InChI=1S/C23H30BN2O/c27-23(16-18-6-2-1-3-7-18)25-22-12-14-26(15-13-22)24-21-11-10-19-8-4-5-9-20(19)17-21/h4-5,8-11,17-18,22H,1-3,6-7,12-16H2,(H,25,27). The van der Waals surface area contributed by atoms with Crippen LogP contribution in [-0.2, 0) is 4.79 Å². The average molecular weight is 361 g/mol. The van der Waals surface area contributed by atoms with Crippen LogP contribution in [0, 0.1) is 5.92 Å². The molecule has 0 unspecified atom stereocenters. The second kappa shape index (κ2) is 8.92. The lowest BCUT2D eigenvalue weighted by Crippen LogP contribution is -2.48. The summed E-state index contributed by atoms with van der Waals surface area (Å²) in [7, 11) is 2.27. The van der Waals surface area contributed by atoms with E-state index in [2.05, 4.69) is 60.0 Å². The van der Waals surface area contributed by atoms with Crippen molar-refractivity contribution in [2.75, 3.05) is 13.1 Å². The first kappa shape index (κ1) is 18.6. The Morgan fingerprint density at radius 2 is 1.70 bits per heavy atom. The van der Waals surface area contributed by atoms with Crippen molar-refractivity contribution in [2.45, 2.75) is 57.4 Å². The maximum Gasteiger partial charge on any atom is 0.247 e. The van der Waals surface area contributed by atoms with E-state index in [9.17, 15) is 4.79 Å². The summed E-state index contributed by atoms with van der Waals surface area (Å²) in [5.74, 6) is 0.902. The van der Waals surface area contributed by atoms with Crippen molar-refractivity contribution in [3.63, 3.8) is 0 Å². The highest BCUT2D eigenvalue weighted by atomic mass is 16.1. The summed E-state index contributed by atoms with van der Waals surface area (Å²) in [6.45, 7) is 2.03. The van der Waals surface area contributed by atoms with E-state index in [0.29, 0.717) is 12.0 Å². The third-order valence-electron chi connectivity index (χ3n) is 6.20. The molecule has 2 fully saturated rings. The van der Waals surface area contributed by atoms with Crippen LogP contribution in [0.3, 0.4) is 0 Å². The fourth-order valence-corrected chi connectivity index (χ4v) is 4.61. The van der Waals surface area contributed by atoms with E-state index < -0.39 is 0 Å². The SMILES string of the molecule is O=C(CC1CCCCC1)NC1CCN([B]c2ccc3ccccc3c2)CC1. The highest BCUT2D eigenvalue weighted by Gasteiger charge is 2.23. The largest absolute Gasteiger partial charge is 0.353 e. The van der Waals surface area contributed by atoms with Crippen LogP contribution in [0.5, 0.6) is 0 Å². The lowest BCUT2D eigenvalue weighted by molar-refractivity contribution is -0.123. The fourth-order valence-electron chi connectivity index (χ4n) is 4.61. The Morgan fingerprint density at radius 1 is 0.963 bits per heavy atom. The second-order valence-corrected chi connectivity index (χ2v) is 8.32. The molecule has 1 saturated heterocycles. The van der Waals surface area contributed by atoms with E-state index in [4.69, 9.17) is 0 Å². The number of amides is 1. The van der Waals surface area contributed by atoms with Gasteiger partial charge in [-0.05, 0) is 55.5 Å². The predicted octanol–water partition coefficient (Wildman–Crippen LogP) is 3.64. The van der Waals surface area contributed by atoms with Crippen LogP contribution in [-0.4, -0.2) is 37.3 Å². The minimum Gasteiger partial charge on any atom is -0.353 e. The zero-order chi connectivity index (χ0) is 18.5. The van der Waals surface area contributed by atoms with Crippen LogP contribution in [0.25, 0.3) is 10.8 Å². The molecule has 27 heavy (non-hydrogen) atoms. The third-order valence-corrected chi connectivity index (χ3v) is 6.20. The van der Waals surface area contributed by atoms with E-state index in [1.807, 2.05) is 0 Å². The van der Waals surface area contributed by atoms with Gasteiger partial charge in [0.1, 0.15) is 0 Å². The van der Waals surface area contributed by atoms with E-state index in [0.717, 1.165) is 32.4 Å². The summed E-state index contributed by atoms with van der Waals surface area (Å²) in [6, 6.07) is 15.5. The van der Waals surface area contributed by atoms with Gasteiger partial charge in [-0.15, -0.1) is 0 Å². The summed E-state index contributed by atoms with van der Waals surface area (Å²) in [6.07, 6.45) is 9.27. The van der Waals surface area contributed by atoms with Gasteiger partial charge in [0.2, 0.25) is 13.3 Å². The van der Waals surface area contributed by atoms with Gasteiger partial charge in [0.25, 0.3) is 0 Å². The Labute approximate surface area is 163 Å². The molecule has 1 radical (unpaired) electrons. The molecule has 4 rings (SSSR count). The van der Waals surface area contributed by atoms with Gasteiger partial charge < -0.3 is 10.1 Å². The summed E-state index contributed by atoms with van der Waals surface area (Å²) < 4.78 is 0. The van der Waals surface area contributed by atoms with Gasteiger partial charge in [0.05, 0.1) is 0 Å². The van der Waals surface area contributed by atoms with E-state index in [-0.39, 0.29) is 5.91 Å². The Balaban J connectivity index is 1.23. The van der Waals surface area contributed by atoms with Gasteiger partial charge in [-0.2, -0.15) is 0 Å². The Kier molecular flexibility index (Phi) is 6.13. The van der Waals surface area contributed by atoms with Gasteiger partial charge in [0.15, 0.2) is 0 Å². The van der Waals surface area contributed by atoms with Crippen LogP contribution in [0.1, 0.15) is 51.4 Å². The molecule has 1 amide bonds. The smallest absolute Gasteiger partial charge is 0.247 e. The molecule has 0 spiro atoms. The summed E-state index contributed by atoms with van der Waals surface area (Å²) in [4.78, 5) is 14.7. The van der Waals surface area contributed by atoms with Crippen molar-refractivity contribution < 1.29 is 4.79 Å². The molecule has 0 bridgehead atoms. The molecule has 2 aromatic carbocycles. The highest BCUT2D eigenvalue weighted by molar-refractivity contribution is 6.51. The zero-order valence-corrected chi connectivity index (χ0v) is 16.2. The summed E-state index contributed by atoms with van der Waals surface area (Å²) in [5, 5.41) is 5.87. The molecule has 141 valence electrons. The number of benzene rings is 2. The second-order valence-electron chi connectivity index (χ2n) is 8.32. The summed E-state index contributed by atoms with van der Waals surface area (Å²) in [5.41, 5.74) is 1.26. The highest BCUT2D eigenvalue weighted by Crippen LogP contribution is 2.26. The lowest BCUT2D eigenvalue weighted by Gasteiger charge is -2.32. The molecule has 4 heteroatoms. The maximum atomic E-state index is 12.3. The van der Waals surface area contributed by atoms with Crippen molar-refractivity contribution >= 4 is 29.6 Å². The van der Waals surface area contributed by atoms with Crippen molar-refractivity contribution in [3.8, 4) is 0 Å². The number of rotatable bonds is 5. The number of carbonyl (C=O) groups is 1. The average Bonchev–Trinajstić information content (AvgIpc) is 2.70. The summed E-state index contributed by atoms with van der Waals surface area (Å²) >= 11 is 0. The quantitative estimate of drug-likeness (QED) is 0.825. The number of hydrogen-bond acceptors (Lipinski definition) is 2. The molecule has 2 aromatic rings. The first-order valence-electron chi connectivity index (χ1n) is 10.6. The Hall–Kier alpha value is -1.81. The molecule has 1 N–H and O–H groups in total. The first-order valence-corrected chi connectivity index (χ1v) is 10.6. The topological polar surface area (TPSA) is 32.3 Å². The Bertz CT molecular complexity index is 764. The van der Waals surface area contributed by atoms with Crippen LogP contribution in [0.15, 0.2) is 42.5 Å². The lowest BCUT2D eigenvalue weighted by atomic mass is 9.78. The van der Waals surface area contributed by atoms with Gasteiger partial charge in [-0.1, -0.05) is 67.2 Å². The van der Waals surface area contributed by atoms with Gasteiger partial charge in [-0.3, -0.25) is 4.79 Å². The molecule has 1 saturated carbocycles. The molecule has 0 aromatic heterocycles. The maximum absolute atomic E-state index is 12.3. The van der Waals surface area contributed by atoms with Crippen molar-refractivity contribution in [3.05, 3.63) is 42.5 Å². The van der Waals surface area contributed by atoms with Gasteiger partial charge >= 0.3 is 0 Å². The molecule has 1 aliphatic heterocycles. The normalized spacial score (nSPS) is 19.9. The molecular weight excluding hydrogens is 331 g/mol. The fraction of sp³-hybridized carbons (Fsp3) is 0.522. The predicted molar refractivity (Wildman–Crippen MR) is 113 cm³/mol. The van der Waals surface area contributed by atoms with Crippen molar-refractivity contribution in [2.24, 2.45) is 5.92 Å². The van der Waals surface area contributed by atoms with Crippen LogP contribution >= 0.6 is 0 Å². The minimum absolute atomic E-state index is 0.277.